The minimum Gasteiger partial charge on any atom is -0.324 e. The van der Waals surface area contributed by atoms with Crippen molar-refractivity contribution < 1.29 is 0 Å². The Hall–Kier alpha value is -1.67. The van der Waals surface area contributed by atoms with Gasteiger partial charge in [0.25, 0.3) is 0 Å². The first kappa shape index (κ1) is 10.5. The van der Waals surface area contributed by atoms with Gasteiger partial charge in [-0.15, -0.1) is 0 Å². The van der Waals surface area contributed by atoms with E-state index in [0.29, 0.717) is 0 Å². The molecule has 1 aliphatic rings. The molecular formula is C15H16N2. The van der Waals surface area contributed by atoms with Gasteiger partial charge < -0.3 is 5.73 Å². The lowest BCUT2D eigenvalue weighted by Gasteiger charge is -2.07. The molecule has 2 N–H and O–H groups in total. The first-order chi connectivity index (χ1) is 8.33. The van der Waals surface area contributed by atoms with E-state index in [0.717, 1.165) is 19.3 Å². The van der Waals surface area contributed by atoms with Gasteiger partial charge >= 0.3 is 0 Å². The van der Waals surface area contributed by atoms with Crippen LogP contribution in [0.15, 0.2) is 42.7 Å². The van der Waals surface area contributed by atoms with Crippen LogP contribution in [0.5, 0.6) is 0 Å². The van der Waals surface area contributed by atoms with Crippen LogP contribution in [0.1, 0.15) is 34.7 Å². The summed E-state index contributed by atoms with van der Waals surface area (Å²) in [5.41, 5.74) is 11.5. The van der Waals surface area contributed by atoms with Gasteiger partial charge in [-0.3, -0.25) is 4.98 Å². The van der Waals surface area contributed by atoms with Gasteiger partial charge in [-0.1, -0.05) is 18.2 Å². The van der Waals surface area contributed by atoms with E-state index in [1.165, 1.54) is 22.3 Å². The maximum absolute atomic E-state index is 6.04. The molecule has 1 aromatic heterocycles. The van der Waals surface area contributed by atoms with Crippen molar-refractivity contribution in [2.75, 3.05) is 0 Å². The molecule has 0 fully saturated rings. The second-order valence-electron chi connectivity index (χ2n) is 4.71. The number of nitrogens with zero attached hydrogens (tertiary/aromatic N) is 1. The highest BCUT2D eigenvalue weighted by atomic mass is 14.6. The smallest absolute Gasteiger partial charge is 0.0300 e. The molecule has 0 amide bonds. The monoisotopic (exact) mass is 224 g/mol. The molecule has 17 heavy (non-hydrogen) atoms. The van der Waals surface area contributed by atoms with Crippen molar-refractivity contribution in [2.45, 2.75) is 25.3 Å². The molecule has 1 heterocycles. The molecule has 1 aromatic carbocycles. The van der Waals surface area contributed by atoms with Gasteiger partial charge in [0, 0.05) is 18.4 Å². The van der Waals surface area contributed by atoms with E-state index in [1.807, 2.05) is 12.4 Å². The third-order valence-corrected chi connectivity index (χ3v) is 3.49. The lowest BCUT2D eigenvalue weighted by atomic mass is 10.0. The lowest BCUT2D eigenvalue weighted by Crippen LogP contribution is -2.05. The summed E-state index contributed by atoms with van der Waals surface area (Å²) < 4.78 is 0. The Kier molecular flexibility index (Phi) is 2.65. The van der Waals surface area contributed by atoms with E-state index in [-0.39, 0.29) is 6.04 Å². The minimum atomic E-state index is 0.250. The van der Waals surface area contributed by atoms with E-state index >= 15 is 0 Å². The Morgan fingerprint density at radius 3 is 2.76 bits per heavy atom. The predicted octanol–water partition coefficient (Wildman–Crippen LogP) is 2.62. The van der Waals surface area contributed by atoms with E-state index in [2.05, 4.69) is 35.3 Å². The average molecular weight is 224 g/mol. The van der Waals surface area contributed by atoms with Crippen LogP contribution in [0.4, 0.5) is 0 Å². The quantitative estimate of drug-likeness (QED) is 0.851. The zero-order valence-corrected chi connectivity index (χ0v) is 9.76. The van der Waals surface area contributed by atoms with E-state index < -0.39 is 0 Å². The third-order valence-electron chi connectivity index (χ3n) is 3.49. The molecular weight excluding hydrogens is 208 g/mol. The highest BCUT2D eigenvalue weighted by Crippen LogP contribution is 2.30. The number of aryl methyl sites for hydroxylation is 1. The number of hydrogen-bond donors (Lipinski definition) is 1. The normalized spacial score (nSPS) is 18.1. The van der Waals surface area contributed by atoms with Crippen LogP contribution in [0, 0.1) is 0 Å². The topological polar surface area (TPSA) is 38.9 Å². The van der Waals surface area contributed by atoms with Gasteiger partial charge in [0.1, 0.15) is 0 Å². The zero-order valence-electron chi connectivity index (χ0n) is 9.76. The van der Waals surface area contributed by atoms with Crippen LogP contribution >= 0.6 is 0 Å². The van der Waals surface area contributed by atoms with E-state index in [1.54, 1.807) is 0 Å². The molecule has 0 saturated carbocycles. The molecule has 0 spiro atoms. The van der Waals surface area contributed by atoms with Crippen molar-refractivity contribution >= 4 is 0 Å². The van der Waals surface area contributed by atoms with Gasteiger partial charge in [-0.2, -0.15) is 0 Å². The van der Waals surface area contributed by atoms with Gasteiger partial charge in [-0.05, 0) is 53.6 Å². The molecule has 2 nitrogen and oxygen atoms in total. The molecule has 1 unspecified atom stereocenters. The third kappa shape index (κ3) is 2.08. The molecule has 3 rings (SSSR count). The largest absolute Gasteiger partial charge is 0.324 e. The number of hydrogen-bond acceptors (Lipinski definition) is 2. The second-order valence-corrected chi connectivity index (χ2v) is 4.71. The second kappa shape index (κ2) is 4.30. The Balaban J connectivity index is 1.86. The first-order valence-electron chi connectivity index (χ1n) is 6.09. The van der Waals surface area contributed by atoms with Crippen molar-refractivity contribution in [3.63, 3.8) is 0 Å². The van der Waals surface area contributed by atoms with Crippen LogP contribution < -0.4 is 5.73 Å². The SMILES string of the molecule is NC1CCc2cc(Cc3ccncc3)ccc21. The molecule has 0 aliphatic heterocycles. The van der Waals surface area contributed by atoms with Crippen LogP contribution in [0.2, 0.25) is 0 Å². The highest BCUT2D eigenvalue weighted by molar-refractivity contribution is 5.39. The molecule has 0 radical (unpaired) electrons. The molecule has 86 valence electrons. The van der Waals surface area contributed by atoms with Crippen molar-refractivity contribution in [1.29, 1.82) is 0 Å². The fraction of sp³-hybridized carbons (Fsp3) is 0.267. The molecule has 1 aliphatic carbocycles. The number of aromatic nitrogens is 1. The Bertz CT molecular complexity index is 520. The van der Waals surface area contributed by atoms with Crippen LogP contribution in [0.25, 0.3) is 0 Å². The van der Waals surface area contributed by atoms with E-state index in [9.17, 15) is 0 Å². The molecule has 0 saturated heterocycles. The van der Waals surface area contributed by atoms with Gasteiger partial charge in [0.15, 0.2) is 0 Å². The van der Waals surface area contributed by atoms with Crippen molar-refractivity contribution in [1.82, 2.24) is 4.98 Å². The summed E-state index contributed by atoms with van der Waals surface area (Å²) in [7, 11) is 0. The number of rotatable bonds is 2. The summed E-state index contributed by atoms with van der Waals surface area (Å²) in [5.74, 6) is 0. The molecule has 1 atom stereocenters. The minimum absolute atomic E-state index is 0.250. The maximum Gasteiger partial charge on any atom is 0.0300 e. The number of benzene rings is 1. The zero-order chi connectivity index (χ0) is 11.7. The summed E-state index contributed by atoms with van der Waals surface area (Å²) in [4.78, 5) is 4.04. The summed E-state index contributed by atoms with van der Waals surface area (Å²) in [5, 5.41) is 0. The van der Waals surface area contributed by atoms with Crippen molar-refractivity contribution in [3.8, 4) is 0 Å². The van der Waals surface area contributed by atoms with Gasteiger partial charge in [0.2, 0.25) is 0 Å². The van der Waals surface area contributed by atoms with Crippen molar-refractivity contribution in [3.05, 3.63) is 65.0 Å². The summed E-state index contributed by atoms with van der Waals surface area (Å²) >= 11 is 0. The molecule has 2 heteroatoms. The summed E-state index contributed by atoms with van der Waals surface area (Å²) in [6.45, 7) is 0. The standard InChI is InChI=1S/C15H16N2/c16-15-4-2-13-10-12(1-3-14(13)15)9-11-5-7-17-8-6-11/h1,3,5-8,10,15H,2,4,9,16H2. The van der Waals surface area contributed by atoms with Crippen LogP contribution in [-0.4, -0.2) is 4.98 Å². The summed E-state index contributed by atoms with van der Waals surface area (Å²) in [6.07, 6.45) is 6.89. The van der Waals surface area contributed by atoms with Crippen LogP contribution in [-0.2, 0) is 12.8 Å². The van der Waals surface area contributed by atoms with Crippen molar-refractivity contribution in [2.24, 2.45) is 5.73 Å². The predicted molar refractivity (Wildman–Crippen MR) is 68.7 cm³/mol. The van der Waals surface area contributed by atoms with E-state index in [4.69, 9.17) is 5.73 Å². The highest BCUT2D eigenvalue weighted by Gasteiger charge is 2.18. The molecule has 2 aromatic rings. The number of fused-ring (bicyclic) bond motifs is 1. The molecule has 0 bridgehead atoms. The number of nitrogens with two attached hydrogens (primary N) is 1. The first-order valence-corrected chi connectivity index (χ1v) is 6.09. The van der Waals surface area contributed by atoms with Crippen LogP contribution in [0.3, 0.4) is 0 Å². The summed E-state index contributed by atoms with van der Waals surface area (Å²) in [6, 6.07) is 11.1. The van der Waals surface area contributed by atoms with Gasteiger partial charge in [0.05, 0.1) is 0 Å². The Labute approximate surface area is 102 Å². The lowest BCUT2D eigenvalue weighted by molar-refractivity contribution is 0.713. The average Bonchev–Trinajstić information content (AvgIpc) is 2.72. The van der Waals surface area contributed by atoms with Gasteiger partial charge in [-0.25, -0.2) is 0 Å². The Morgan fingerprint density at radius 2 is 1.94 bits per heavy atom. The Morgan fingerprint density at radius 1 is 1.12 bits per heavy atom. The fourth-order valence-electron chi connectivity index (χ4n) is 2.55. The fourth-order valence-corrected chi connectivity index (χ4v) is 2.55. The maximum atomic E-state index is 6.04. The number of pyridine rings is 1.